The van der Waals surface area contributed by atoms with E-state index in [-0.39, 0.29) is 11.4 Å². The fourth-order valence-electron chi connectivity index (χ4n) is 3.47. The van der Waals surface area contributed by atoms with E-state index in [0.717, 1.165) is 39.7 Å². The molecule has 0 bridgehead atoms. The second-order valence-corrected chi connectivity index (χ2v) is 8.36. The SMILES string of the molecule is CCC1=NN2C(=N)/C(=C\c3cc(C)n(-c4cccc(Cl)c4C)c3C)C(=O)N=C2S1. The van der Waals surface area contributed by atoms with Gasteiger partial charge in [-0.2, -0.15) is 15.1 Å². The van der Waals surface area contributed by atoms with E-state index >= 15 is 0 Å². The van der Waals surface area contributed by atoms with Crippen LogP contribution in [0, 0.1) is 26.2 Å². The molecule has 1 amide bonds. The fraction of sp³-hybridized carbons (Fsp3) is 0.238. The Labute approximate surface area is 178 Å². The van der Waals surface area contributed by atoms with Crippen LogP contribution in [-0.4, -0.2) is 31.5 Å². The summed E-state index contributed by atoms with van der Waals surface area (Å²) in [5.41, 5.74) is 5.06. The number of amidine groups is 2. The van der Waals surface area contributed by atoms with Gasteiger partial charge in [0.2, 0.25) is 5.17 Å². The van der Waals surface area contributed by atoms with Crippen LogP contribution in [0.4, 0.5) is 0 Å². The first-order valence-electron chi connectivity index (χ1n) is 9.25. The van der Waals surface area contributed by atoms with Gasteiger partial charge in [-0.15, -0.1) is 0 Å². The van der Waals surface area contributed by atoms with Crippen molar-refractivity contribution in [2.24, 2.45) is 10.1 Å². The molecule has 0 unspecified atom stereocenters. The number of rotatable bonds is 3. The van der Waals surface area contributed by atoms with E-state index in [1.54, 1.807) is 6.08 Å². The van der Waals surface area contributed by atoms with Crippen LogP contribution >= 0.6 is 23.4 Å². The summed E-state index contributed by atoms with van der Waals surface area (Å²) in [4.78, 5) is 16.7. The number of aliphatic imine (C=N–C) groups is 1. The molecule has 8 heteroatoms. The van der Waals surface area contributed by atoms with Crippen LogP contribution in [0.1, 0.15) is 35.9 Å². The molecule has 3 heterocycles. The van der Waals surface area contributed by atoms with Crippen molar-refractivity contribution in [3.8, 4) is 5.69 Å². The largest absolute Gasteiger partial charge is 0.318 e. The fourth-order valence-corrected chi connectivity index (χ4v) is 4.47. The number of amides is 1. The standard InChI is InChI=1S/C21H20ClN5OS/c1-5-18-25-27-19(23)15(20(28)24-21(27)29-18)10-14-9-11(2)26(13(14)4)17-8-6-7-16(22)12(17)3/h6-10,23H,5H2,1-4H3/b15-10+,23-19?. The van der Waals surface area contributed by atoms with E-state index in [1.165, 1.54) is 16.8 Å². The lowest BCUT2D eigenvalue weighted by atomic mass is 10.1. The molecule has 1 aromatic carbocycles. The average Bonchev–Trinajstić information content (AvgIpc) is 3.22. The van der Waals surface area contributed by atoms with Gasteiger partial charge in [-0.3, -0.25) is 10.2 Å². The van der Waals surface area contributed by atoms with E-state index in [9.17, 15) is 4.79 Å². The second-order valence-electron chi connectivity index (χ2n) is 6.91. The van der Waals surface area contributed by atoms with E-state index < -0.39 is 5.91 Å². The Kier molecular flexibility index (Phi) is 4.96. The maximum atomic E-state index is 12.6. The van der Waals surface area contributed by atoms with Gasteiger partial charge in [-0.1, -0.05) is 24.6 Å². The number of benzene rings is 1. The molecule has 0 fully saturated rings. The van der Waals surface area contributed by atoms with E-state index in [2.05, 4.69) is 14.7 Å². The molecule has 1 N–H and O–H groups in total. The predicted octanol–water partition coefficient (Wildman–Crippen LogP) is 5.09. The van der Waals surface area contributed by atoms with Gasteiger partial charge in [0.25, 0.3) is 5.91 Å². The molecule has 2 aliphatic rings. The Bertz CT molecular complexity index is 1160. The molecular weight excluding hydrogens is 406 g/mol. The quantitative estimate of drug-likeness (QED) is 0.696. The van der Waals surface area contributed by atoms with Crippen molar-refractivity contribution in [3.63, 3.8) is 0 Å². The van der Waals surface area contributed by atoms with Crippen molar-refractivity contribution < 1.29 is 4.79 Å². The molecule has 0 spiro atoms. The number of halogens is 1. The number of nitrogens with zero attached hydrogens (tertiary/aromatic N) is 4. The number of aromatic nitrogens is 1. The van der Waals surface area contributed by atoms with Gasteiger partial charge in [0, 0.05) is 22.1 Å². The van der Waals surface area contributed by atoms with Gasteiger partial charge in [0.1, 0.15) is 5.04 Å². The summed E-state index contributed by atoms with van der Waals surface area (Å²) < 4.78 is 2.11. The summed E-state index contributed by atoms with van der Waals surface area (Å²) in [7, 11) is 0. The Balaban J connectivity index is 1.78. The van der Waals surface area contributed by atoms with Gasteiger partial charge in [-0.05, 0) is 74.4 Å². The maximum Gasteiger partial charge on any atom is 0.283 e. The molecule has 1 aromatic heterocycles. The zero-order valence-electron chi connectivity index (χ0n) is 16.6. The van der Waals surface area contributed by atoms with Crippen molar-refractivity contribution in [1.29, 1.82) is 5.41 Å². The van der Waals surface area contributed by atoms with Crippen molar-refractivity contribution in [1.82, 2.24) is 9.58 Å². The zero-order chi connectivity index (χ0) is 20.9. The molecular formula is C21H20ClN5OS. The maximum absolute atomic E-state index is 12.6. The van der Waals surface area contributed by atoms with E-state index in [1.807, 2.05) is 52.0 Å². The molecule has 0 saturated carbocycles. The molecule has 4 rings (SSSR count). The second kappa shape index (κ2) is 7.31. The molecule has 148 valence electrons. The van der Waals surface area contributed by atoms with Crippen molar-refractivity contribution in [2.75, 3.05) is 0 Å². The Morgan fingerprint density at radius 3 is 2.76 bits per heavy atom. The number of thioether (sulfide) groups is 1. The highest BCUT2D eigenvalue weighted by Crippen LogP contribution is 2.31. The van der Waals surface area contributed by atoms with Crippen LogP contribution < -0.4 is 0 Å². The molecule has 0 atom stereocenters. The van der Waals surface area contributed by atoms with Crippen LogP contribution in [-0.2, 0) is 4.79 Å². The van der Waals surface area contributed by atoms with Gasteiger partial charge >= 0.3 is 0 Å². The summed E-state index contributed by atoms with van der Waals surface area (Å²) in [6.45, 7) is 7.97. The Hall–Kier alpha value is -2.64. The summed E-state index contributed by atoms with van der Waals surface area (Å²) in [6, 6.07) is 7.81. The monoisotopic (exact) mass is 425 g/mol. The first kappa shape index (κ1) is 19.7. The molecule has 2 aliphatic heterocycles. The predicted molar refractivity (Wildman–Crippen MR) is 120 cm³/mol. The minimum Gasteiger partial charge on any atom is -0.318 e. The average molecular weight is 426 g/mol. The third kappa shape index (κ3) is 3.24. The smallest absolute Gasteiger partial charge is 0.283 e. The lowest BCUT2D eigenvalue weighted by molar-refractivity contribution is -0.114. The summed E-state index contributed by atoms with van der Waals surface area (Å²) in [5.74, 6) is -0.357. The minimum atomic E-state index is -0.412. The molecule has 29 heavy (non-hydrogen) atoms. The van der Waals surface area contributed by atoms with Gasteiger partial charge in [-0.25, -0.2) is 0 Å². The number of hydrogen-bond donors (Lipinski definition) is 1. The van der Waals surface area contributed by atoms with Crippen LogP contribution in [0.3, 0.4) is 0 Å². The Morgan fingerprint density at radius 2 is 2.03 bits per heavy atom. The molecule has 0 saturated heterocycles. The van der Waals surface area contributed by atoms with Gasteiger partial charge in [0.15, 0.2) is 5.84 Å². The van der Waals surface area contributed by atoms with Crippen molar-refractivity contribution in [2.45, 2.75) is 34.1 Å². The third-order valence-electron chi connectivity index (χ3n) is 5.05. The first-order chi connectivity index (χ1) is 13.8. The highest BCUT2D eigenvalue weighted by molar-refractivity contribution is 8.26. The highest BCUT2D eigenvalue weighted by atomic mass is 35.5. The van der Waals surface area contributed by atoms with Crippen LogP contribution in [0.25, 0.3) is 11.8 Å². The number of fused-ring (bicyclic) bond motifs is 1. The lowest BCUT2D eigenvalue weighted by Crippen LogP contribution is -2.35. The van der Waals surface area contributed by atoms with Gasteiger partial charge < -0.3 is 4.57 Å². The lowest BCUT2D eigenvalue weighted by Gasteiger charge is -2.20. The Morgan fingerprint density at radius 1 is 1.28 bits per heavy atom. The van der Waals surface area contributed by atoms with E-state index in [4.69, 9.17) is 17.0 Å². The number of aryl methyl sites for hydroxylation is 1. The molecule has 0 radical (unpaired) electrons. The summed E-state index contributed by atoms with van der Waals surface area (Å²) in [5, 5.41) is 16.3. The highest BCUT2D eigenvalue weighted by Gasteiger charge is 2.35. The van der Waals surface area contributed by atoms with Gasteiger partial charge in [0.05, 0.1) is 5.57 Å². The number of nitrogens with one attached hydrogen (secondary N) is 1. The number of hydrazone groups is 1. The normalized spacial score (nSPS) is 17.7. The zero-order valence-corrected chi connectivity index (χ0v) is 18.1. The molecule has 0 aliphatic carbocycles. The topological polar surface area (TPSA) is 73.8 Å². The summed E-state index contributed by atoms with van der Waals surface area (Å²) >= 11 is 7.65. The van der Waals surface area contributed by atoms with Crippen molar-refractivity contribution in [3.05, 3.63) is 57.4 Å². The first-order valence-corrected chi connectivity index (χ1v) is 10.4. The number of carbonyl (C=O) groups is 1. The van der Waals surface area contributed by atoms with Crippen LogP contribution in [0.15, 0.2) is 39.9 Å². The van der Waals surface area contributed by atoms with E-state index in [0.29, 0.717) is 10.2 Å². The van der Waals surface area contributed by atoms with Crippen LogP contribution in [0.5, 0.6) is 0 Å². The number of hydrogen-bond acceptors (Lipinski definition) is 4. The third-order valence-corrected chi connectivity index (χ3v) is 6.51. The minimum absolute atomic E-state index is 0.0553. The molecule has 2 aromatic rings. The van der Waals surface area contributed by atoms with Crippen molar-refractivity contribution >= 4 is 51.4 Å². The van der Waals surface area contributed by atoms with Crippen LogP contribution in [0.2, 0.25) is 5.02 Å². The number of carbonyl (C=O) groups excluding carboxylic acids is 1. The molecule has 6 nitrogen and oxygen atoms in total. The summed E-state index contributed by atoms with van der Waals surface area (Å²) in [6.07, 6.45) is 2.47.